The molecule has 0 unspecified atom stereocenters. The van der Waals surface area contributed by atoms with Crippen LogP contribution < -0.4 is 5.32 Å². The van der Waals surface area contributed by atoms with E-state index in [0.717, 1.165) is 5.76 Å². The molecule has 0 radical (unpaired) electrons. The van der Waals surface area contributed by atoms with E-state index < -0.39 is 0 Å². The van der Waals surface area contributed by atoms with Crippen molar-refractivity contribution in [3.8, 4) is 0 Å². The Bertz CT molecular complexity index is 398. The SMILES string of the molecule is Cc1nc(CNCc2ccc(Cl)o2)no1. The van der Waals surface area contributed by atoms with Crippen LogP contribution in [0.4, 0.5) is 0 Å². The number of hydrogen-bond acceptors (Lipinski definition) is 5. The van der Waals surface area contributed by atoms with Gasteiger partial charge < -0.3 is 14.3 Å². The number of hydrogen-bond donors (Lipinski definition) is 1. The van der Waals surface area contributed by atoms with Gasteiger partial charge in [0.25, 0.3) is 0 Å². The van der Waals surface area contributed by atoms with Gasteiger partial charge in [0.05, 0.1) is 13.1 Å². The summed E-state index contributed by atoms with van der Waals surface area (Å²) in [7, 11) is 0. The number of halogens is 1. The molecule has 0 aromatic carbocycles. The zero-order valence-electron chi connectivity index (χ0n) is 8.16. The van der Waals surface area contributed by atoms with Gasteiger partial charge in [-0.05, 0) is 23.7 Å². The van der Waals surface area contributed by atoms with Crippen LogP contribution in [0.15, 0.2) is 21.1 Å². The van der Waals surface area contributed by atoms with E-state index in [4.69, 9.17) is 20.5 Å². The Hall–Kier alpha value is -1.33. The highest BCUT2D eigenvalue weighted by Crippen LogP contribution is 2.12. The van der Waals surface area contributed by atoms with E-state index in [0.29, 0.717) is 30.0 Å². The second-order valence-electron chi connectivity index (χ2n) is 3.04. The predicted octanol–water partition coefficient (Wildman–Crippen LogP) is 1.91. The van der Waals surface area contributed by atoms with Gasteiger partial charge in [0.15, 0.2) is 11.0 Å². The molecule has 2 aromatic heterocycles. The Kier molecular flexibility index (Phi) is 3.03. The Morgan fingerprint density at radius 1 is 1.40 bits per heavy atom. The standard InChI is InChI=1S/C9H10ClN3O2/c1-6-12-9(13-15-6)5-11-4-7-2-3-8(10)14-7/h2-3,11H,4-5H2,1H3. The maximum absolute atomic E-state index is 5.63. The molecule has 2 aromatic rings. The van der Waals surface area contributed by atoms with E-state index in [9.17, 15) is 0 Å². The van der Waals surface area contributed by atoms with Crippen molar-refractivity contribution in [1.82, 2.24) is 15.5 Å². The summed E-state index contributed by atoms with van der Waals surface area (Å²) in [5, 5.41) is 7.25. The molecule has 15 heavy (non-hydrogen) atoms. The van der Waals surface area contributed by atoms with Crippen LogP contribution in [-0.2, 0) is 13.1 Å². The van der Waals surface area contributed by atoms with Crippen molar-refractivity contribution < 1.29 is 8.94 Å². The number of rotatable bonds is 4. The summed E-state index contributed by atoms with van der Waals surface area (Å²) in [6.07, 6.45) is 0. The third-order valence-corrected chi connectivity index (χ3v) is 1.98. The van der Waals surface area contributed by atoms with Crippen molar-refractivity contribution in [2.24, 2.45) is 0 Å². The van der Waals surface area contributed by atoms with Gasteiger partial charge in [-0.25, -0.2) is 0 Å². The first-order valence-corrected chi connectivity index (χ1v) is 4.86. The molecule has 1 N–H and O–H groups in total. The minimum absolute atomic E-state index is 0.391. The molecule has 0 aliphatic heterocycles. The second kappa shape index (κ2) is 4.46. The quantitative estimate of drug-likeness (QED) is 0.865. The first-order valence-electron chi connectivity index (χ1n) is 4.48. The van der Waals surface area contributed by atoms with Gasteiger partial charge in [0.2, 0.25) is 5.89 Å². The first kappa shape index (κ1) is 10.2. The molecule has 0 bridgehead atoms. The maximum atomic E-state index is 5.63. The third-order valence-electron chi connectivity index (χ3n) is 1.78. The molecule has 0 spiro atoms. The van der Waals surface area contributed by atoms with Gasteiger partial charge >= 0.3 is 0 Å². The highest BCUT2D eigenvalue weighted by Gasteiger charge is 2.03. The Labute approximate surface area is 91.4 Å². The number of nitrogens with zero attached hydrogens (tertiary/aromatic N) is 2. The van der Waals surface area contributed by atoms with Gasteiger partial charge in [-0.2, -0.15) is 4.98 Å². The number of nitrogens with one attached hydrogen (secondary N) is 1. The molecule has 5 nitrogen and oxygen atoms in total. The number of aromatic nitrogens is 2. The monoisotopic (exact) mass is 227 g/mol. The lowest BCUT2D eigenvalue weighted by Gasteiger charge is -1.97. The van der Waals surface area contributed by atoms with Gasteiger partial charge in [-0.1, -0.05) is 5.16 Å². The lowest BCUT2D eigenvalue weighted by atomic mass is 10.4. The molecule has 6 heteroatoms. The van der Waals surface area contributed by atoms with Crippen molar-refractivity contribution in [3.63, 3.8) is 0 Å². The molecule has 0 fully saturated rings. The maximum Gasteiger partial charge on any atom is 0.223 e. The molecule has 0 amide bonds. The topological polar surface area (TPSA) is 64.1 Å². The lowest BCUT2D eigenvalue weighted by molar-refractivity contribution is 0.384. The number of aryl methyl sites for hydroxylation is 1. The van der Waals surface area contributed by atoms with Crippen LogP contribution in [0, 0.1) is 6.92 Å². The molecule has 0 atom stereocenters. The first-order chi connectivity index (χ1) is 7.24. The summed E-state index contributed by atoms with van der Waals surface area (Å²) in [6, 6.07) is 3.52. The van der Waals surface area contributed by atoms with Crippen molar-refractivity contribution >= 4 is 11.6 Å². The van der Waals surface area contributed by atoms with E-state index in [1.54, 1.807) is 13.0 Å². The molecule has 2 heterocycles. The largest absolute Gasteiger partial charge is 0.448 e. The average Bonchev–Trinajstić information content (AvgIpc) is 2.76. The van der Waals surface area contributed by atoms with E-state index in [1.165, 1.54) is 0 Å². The van der Waals surface area contributed by atoms with Crippen LogP contribution in [0.25, 0.3) is 0 Å². The van der Waals surface area contributed by atoms with Crippen LogP contribution in [-0.4, -0.2) is 10.1 Å². The Morgan fingerprint density at radius 3 is 2.87 bits per heavy atom. The summed E-state index contributed by atoms with van der Waals surface area (Å²) in [6.45, 7) is 2.87. The summed E-state index contributed by atoms with van der Waals surface area (Å²) in [4.78, 5) is 4.05. The van der Waals surface area contributed by atoms with Gasteiger partial charge in [0, 0.05) is 6.92 Å². The fraction of sp³-hybridized carbons (Fsp3) is 0.333. The average molecular weight is 228 g/mol. The fourth-order valence-electron chi connectivity index (χ4n) is 1.16. The third kappa shape index (κ3) is 2.81. The molecule has 0 aliphatic carbocycles. The van der Waals surface area contributed by atoms with E-state index in [-0.39, 0.29) is 0 Å². The van der Waals surface area contributed by atoms with Crippen molar-refractivity contribution in [1.29, 1.82) is 0 Å². The molecule has 0 saturated heterocycles. The van der Waals surface area contributed by atoms with Crippen molar-refractivity contribution in [2.45, 2.75) is 20.0 Å². The van der Waals surface area contributed by atoms with E-state index >= 15 is 0 Å². The van der Waals surface area contributed by atoms with Crippen molar-refractivity contribution in [2.75, 3.05) is 0 Å². The molecule has 0 saturated carbocycles. The van der Waals surface area contributed by atoms with E-state index in [2.05, 4.69) is 15.5 Å². The van der Waals surface area contributed by atoms with Crippen LogP contribution in [0.1, 0.15) is 17.5 Å². The van der Waals surface area contributed by atoms with Crippen molar-refractivity contribution in [3.05, 3.63) is 34.8 Å². The lowest BCUT2D eigenvalue weighted by Crippen LogP contribution is -2.13. The minimum Gasteiger partial charge on any atom is -0.448 e. The smallest absolute Gasteiger partial charge is 0.223 e. The zero-order chi connectivity index (χ0) is 10.7. The Morgan fingerprint density at radius 2 is 2.27 bits per heavy atom. The van der Waals surface area contributed by atoms with Crippen LogP contribution in [0.2, 0.25) is 5.22 Å². The minimum atomic E-state index is 0.391. The molecule has 0 aliphatic rings. The molecule has 2 rings (SSSR count). The predicted molar refractivity (Wildman–Crippen MR) is 53.3 cm³/mol. The second-order valence-corrected chi connectivity index (χ2v) is 3.41. The molecular weight excluding hydrogens is 218 g/mol. The van der Waals surface area contributed by atoms with Gasteiger partial charge in [0.1, 0.15) is 5.76 Å². The summed E-state index contributed by atoms with van der Waals surface area (Å²) in [5.74, 6) is 1.97. The van der Waals surface area contributed by atoms with Gasteiger partial charge in [-0.3, -0.25) is 0 Å². The van der Waals surface area contributed by atoms with Crippen LogP contribution >= 0.6 is 11.6 Å². The summed E-state index contributed by atoms with van der Waals surface area (Å²) in [5.41, 5.74) is 0. The summed E-state index contributed by atoms with van der Waals surface area (Å²) < 4.78 is 9.99. The normalized spacial score (nSPS) is 10.8. The fourth-order valence-corrected chi connectivity index (χ4v) is 1.32. The molecular formula is C9H10ClN3O2. The number of furan rings is 1. The highest BCUT2D eigenvalue weighted by atomic mass is 35.5. The van der Waals surface area contributed by atoms with Crippen LogP contribution in [0.3, 0.4) is 0 Å². The van der Waals surface area contributed by atoms with Crippen LogP contribution in [0.5, 0.6) is 0 Å². The molecule has 80 valence electrons. The Balaban J connectivity index is 1.80. The highest BCUT2D eigenvalue weighted by molar-refractivity contribution is 6.28. The summed E-state index contributed by atoms with van der Waals surface area (Å²) >= 11 is 5.63. The zero-order valence-corrected chi connectivity index (χ0v) is 8.91. The van der Waals surface area contributed by atoms with E-state index in [1.807, 2.05) is 6.07 Å². The van der Waals surface area contributed by atoms with Gasteiger partial charge in [-0.15, -0.1) is 0 Å².